The monoisotopic (exact) mass is 400 g/mol. The molecule has 1 saturated carbocycles. The van der Waals surface area contributed by atoms with E-state index in [0.717, 1.165) is 16.6 Å². The Hall–Kier alpha value is -0.880. The predicted molar refractivity (Wildman–Crippen MR) is 97.9 cm³/mol. The van der Waals surface area contributed by atoms with Crippen molar-refractivity contribution in [2.45, 2.75) is 51.0 Å². The van der Waals surface area contributed by atoms with Gasteiger partial charge in [0.15, 0.2) is 0 Å². The zero-order valence-corrected chi connectivity index (χ0v) is 16.3. The number of hydrogen-bond acceptors (Lipinski definition) is 3. The summed E-state index contributed by atoms with van der Waals surface area (Å²) in [5.74, 6) is -0.0674. The van der Waals surface area contributed by atoms with Crippen molar-refractivity contribution in [3.8, 4) is 0 Å². The van der Waals surface area contributed by atoms with Crippen molar-refractivity contribution in [1.82, 2.24) is 9.80 Å². The maximum atomic E-state index is 12.5. The third kappa shape index (κ3) is 5.31. The fourth-order valence-corrected chi connectivity index (χ4v) is 4.41. The number of thiophene rings is 1. The van der Waals surface area contributed by atoms with E-state index >= 15 is 0 Å². The molecule has 2 amide bonds. The molecule has 1 aliphatic rings. The number of carbonyl (C=O) groups is 2. The highest BCUT2D eigenvalue weighted by Gasteiger charge is 2.23. The molecule has 6 heteroatoms. The van der Waals surface area contributed by atoms with Crippen molar-refractivity contribution in [2.75, 3.05) is 20.6 Å². The summed E-state index contributed by atoms with van der Waals surface area (Å²) in [5, 5.41) is 0. The van der Waals surface area contributed by atoms with E-state index in [4.69, 9.17) is 0 Å². The second-order valence-corrected chi connectivity index (χ2v) is 8.73. The van der Waals surface area contributed by atoms with Gasteiger partial charge in [-0.15, -0.1) is 11.3 Å². The van der Waals surface area contributed by atoms with Crippen molar-refractivity contribution >= 4 is 39.1 Å². The Balaban J connectivity index is 1.90. The Bertz CT molecular complexity index is 538. The summed E-state index contributed by atoms with van der Waals surface area (Å²) in [6.45, 7) is 0.140. The summed E-state index contributed by atoms with van der Waals surface area (Å²) in [6, 6.07) is 3.97. The first-order chi connectivity index (χ1) is 11.0. The smallest absolute Gasteiger partial charge is 0.264 e. The quantitative estimate of drug-likeness (QED) is 0.761. The Kier molecular flexibility index (Phi) is 7.09. The fraction of sp³-hybridized carbons (Fsp3) is 0.647. The first-order valence-electron chi connectivity index (χ1n) is 8.25. The summed E-state index contributed by atoms with van der Waals surface area (Å²) < 4.78 is 0.923. The highest BCUT2D eigenvalue weighted by Crippen LogP contribution is 2.23. The Morgan fingerprint density at radius 1 is 1.13 bits per heavy atom. The van der Waals surface area contributed by atoms with Crippen LogP contribution in [-0.2, 0) is 4.79 Å². The summed E-state index contributed by atoms with van der Waals surface area (Å²) in [4.78, 5) is 28.9. The Morgan fingerprint density at radius 3 is 2.30 bits per heavy atom. The van der Waals surface area contributed by atoms with Gasteiger partial charge in [-0.05, 0) is 40.9 Å². The van der Waals surface area contributed by atoms with E-state index in [1.165, 1.54) is 48.3 Å². The molecule has 1 aromatic heterocycles. The average molecular weight is 401 g/mol. The van der Waals surface area contributed by atoms with Crippen molar-refractivity contribution in [3.05, 3.63) is 20.8 Å². The van der Waals surface area contributed by atoms with Crippen LogP contribution in [0.15, 0.2) is 15.9 Å². The summed E-state index contributed by atoms with van der Waals surface area (Å²) in [7, 11) is 3.58. The summed E-state index contributed by atoms with van der Waals surface area (Å²) in [6.07, 6.45) is 8.41. The first kappa shape index (κ1) is 18.5. The SMILES string of the molecule is CN(CC(=O)N(C)C1CCCCCCC1)C(=O)c1ccc(Br)s1. The lowest BCUT2D eigenvalue weighted by atomic mass is 9.96. The predicted octanol–water partition coefficient (Wildman–Crippen LogP) is 4.15. The normalized spacial score (nSPS) is 16.5. The van der Waals surface area contributed by atoms with Gasteiger partial charge in [0.25, 0.3) is 5.91 Å². The van der Waals surface area contributed by atoms with Gasteiger partial charge in [0.1, 0.15) is 0 Å². The second kappa shape index (κ2) is 8.83. The number of carbonyl (C=O) groups excluding carboxylic acids is 2. The van der Waals surface area contributed by atoms with E-state index in [2.05, 4.69) is 15.9 Å². The van der Waals surface area contributed by atoms with Gasteiger partial charge in [-0.3, -0.25) is 9.59 Å². The van der Waals surface area contributed by atoms with Crippen molar-refractivity contribution in [1.29, 1.82) is 0 Å². The first-order valence-corrected chi connectivity index (χ1v) is 9.86. The van der Waals surface area contributed by atoms with Crippen molar-refractivity contribution in [3.63, 3.8) is 0 Å². The molecule has 1 aliphatic carbocycles. The van der Waals surface area contributed by atoms with E-state index in [-0.39, 0.29) is 18.4 Å². The lowest BCUT2D eigenvalue weighted by Crippen LogP contribution is -2.44. The molecule has 1 fully saturated rings. The van der Waals surface area contributed by atoms with E-state index < -0.39 is 0 Å². The summed E-state index contributed by atoms with van der Waals surface area (Å²) in [5.41, 5.74) is 0. The molecule has 0 N–H and O–H groups in total. The number of likely N-dealkylation sites (N-methyl/N-ethyl adjacent to an activating group) is 2. The van der Waals surface area contributed by atoms with Gasteiger partial charge in [-0.2, -0.15) is 0 Å². The van der Waals surface area contributed by atoms with E-state index in [1.54, 1.807) is 13.1 Å². The molecule has 1 aromatic rings. The van der Waals surface area contributed by atoms with Gasteiger partial charge >= 0.3 is 0 Å². The van der Waals surface area contributed by atoms with Crippen LogP contribution in [0.25, 0.3) is 0 Å². The third-order valence-electron chi connectivity index (χ3n) is 4.52. The molecular formula is C17H25BrN2O2S. The molecule has 0 spiro atoms. The van der Waals surface area contributed by atoms with Gasteiger partial charge in [0.2, 0.25) is 5.91 Å². The maximum Gasteiger partial charge on any atom is 0.264 e. The minimum absolute atomic E-state index is 0.0297. The molecule has 0 radical (unpaired) electrons. The molecule has 0 aliphatic heterocycles. The number of halogens is 1. The van der Waals surface area contributed by atoms with Crippen LogP contribution in [0, 0.1) is 0 Å². The van der Waals surface area contributed by atoms with E-state index in [0.29, 0.717) is 10.9 Å². The van der Waals surface area contributed by atoms with Crippen molar-refractivity contribution < 1.29 is 9.59 Å². The van der Waals surface area contributed by atoms with Gasteiger partial charge in [0, 0.05) is 20.1 Å². The standard InChI is InChI=1S/C17H25BrN2O2S/c1-19(17(22)14-10-11-15(18)23-14)12-16(21)20(2)13-8-6-4-3-5-7-9-13/h10-11,13H,3-9,12H2,1-2H3. The van der Waals surface area contributed by atoms with Crippen LogP contribution in [0.3, 0.4) is 0 Å². The van der Waals surface area contributed by atoms with Gasteiger partial charge in [-0.1, -0.05) is 32.1 Å². The zero-order valence-electron chi connectivity index (χ0n) is 13.9. The average Bonchev–Trinajstić information content (AvgIpc) is 2.92. The van der Waals surface area contributed by atoms with Gasteiger partial charge < -0.3 is 9.80 Å². The molecule has 0 unspecified atom stereocenters. The molecule has 4 nitrogen and oxygen atoms in total. The van der Waals surface area contributed by atoms with Crippen molar-refractivity contribution in [2.24, 2.45) is 0 Å². The van der Waals surface area contributed by atoms with Crippen LogP contribution in [-0.4, -0.2) is 48.3 Å². The number of hydrogen-bond donors (Lipinski definition) is 0. The second-order valence-electron chi connectivity index (χ2n) is 6.27. The molecule has 0 aromatic carbocycles. The molecular weight excluding hydrogens is 376 g/mol. The highest BCUT2D eigenvalue weighted by molar-refractivity contribution is 9.11. The highest BCUT2D eigenvalue weighted by atomic mass is 79.9. The molecule has 0 atom stereocenters. The van der Waals surface area contributed by atoms with Crippen LogP contribution in [0.4, 0.5) is 0 Å². The molecule has 128 valence electrons. The lowest BCUT2D eigenvalue weighted by molar-refractivity contribution is -0.132. The van der Waals surface area contributed by atoms with E-state index in [9.17, 15) is 9.59 Å². The lowest BCUT2D eigenvalue weighted by Gasteiger charge is -2.31. The van der Waals surface area contributed by atoms with Crippen LogP contribution in [0.1, 0.15) is 54.6 Å². The molecule has 1 heterocycles. The van der Waals surface area contributed by atoms with Crippen LogP contribution in [0.5, 0.6) is 0 Å². The largest absolute Gasteiger partial charge is 0.341 e. The van der Waals surface area contributed by atoms with Gasteiger partial charge in [0.05, 0.1) is 15.2 Å². The van der Waals surface area contributed by atoms with E-state index in [1.807, 2.05) is 18.0 Å². The fourth-order valence-electron chi connectivity index (χ4n) is 3.03. The number of nitrogens with zero attached hydrogens (tertiary/aromatic N) is 2. The number of rotatable bonds is 4. The molecule has 2 rings (SSSR count). The summed E-state index contributed by atoms with van der Waals surface area (Å²) >= 11 is 4.76. The van der Waals surface area contributed by atoms with Crippen LogP contribution >= 0.6 is 27.3 Å². The maximum absolute atomic E-state index is 12.5. The molecule has 0 bridgehead atoms. The Labute approximate surface area is 151 Å². The minimum atomic E-state index is -0.0971. The third-order valence-corrected chi connectivity index (χ3v) is 6.13. The zero-order chi connectivity index (χ0) is 16.8. The van der Waals surface area contributed by atoms with Crippen LogP contribution in [0.2, 0.25) is 0 Å². The Morgan fingerprint density at radius 2 is 1.74 bits per heavy atom. The van der Waals surface area contributed by atoms with Crippen LogP contribution < -0.4 is 0 Å². The molecule has 23 heavy (non-hydrogen) atoms. The number of amides is 2. The topological polar surface area (TPSA) is 40.6 Å². The minimum Gasteiger partial charge on any atom is -0.341 e. The molecule has 0 saturated heterocycles. The van der Waals surface area contributed by atoms with Gasteiger partial charge in [-0.25, -0.2) is 0 Å².